The maximum absolute atomic E-state index is 12.6. The Morgan fingerprint density at radius 1 is 1.06 bits per heavy atom. The fourth-order valence-corrected chi connectivity index (χ4v) is 3.14. The number of ether oxygens (including phenoxy) is 2. The number of amides is 1. The number of rotatable bonds is 6. The van der Waals surface area contributed by atoms with Gasteiger partial charge in [0.05, 0.1) is 23.7 Å². The normalized spacial score (nSPS) is 11.7. The molecule has 2 aromatic heterocycles. The van der Waals surface area contributed by atoms with E-state index < -0.39 is 18.0 Å². The van der Waals surface area contributed by atoms with Crippen molar-refractivity contribution in [2.45, 2.75) is 20.0 Å². The van der Waals surface area contributed by atoms with Crippen molar-refractivity contribution < 1.29 is 19.1 Å². The number of aryl methyl sites for hydroxylation is 1. The molecule has 1 amide bonds. The lowest BCUT2D eigenvalue weighted by Gasteiger charge is -2.13. The van der Waals surface area contributed by atoms with Gasteiger partial charge in [0.2, 0.25) is 0 Å². The number of benzene rings is 2. The average Bonchev–Trinajstić information content (AvgIpc) is 3.22. The van der Waals surface area contributed by atoms with E-state index in [1.54, 1.807) is 37.6 Å². The monoisotopic (exact) mass is 430 g/mol. The number of methoxy groups -OCH3 is 1. The van der Waals surface area contributed by atoms with Crippen molar-refractivity contribution >= 4 is 28.7 Å². The molecule has 0 fully saturated rings. The number of nitrogens with one attached hydrogen (secondary N) is 2. The number of aromatic nitrogens is 3. The van der Waals surface area contributed by atoms with Crippen molar-refractivity contribution in [1.29, 1.82) is 0 Å². The number of hydrogen-bond acceptors (Lipinski definition) is 6. The van der Waals surface area contributed by atoms with Gasteiger partial charge in [-0.2, -0.15) is 0 Å². The number of carbonyl (C=O) groups excluding carboxylic acids is 2. The van der Waals surface area contributed by atoms with Crippen LogP contribution >= 0.6 is 0 Å². The molecule has 2 aromatic carbocycles. The molecule has 4 rings (SSSR count). The summed E-state index contributed by atoms with van der Waals surface area (Å²) in [6.07, 6.45) is 0.610. The number of fused-ring (bicyclic) bond motifs is 1. The zero-order valence-electron chi connectivity index (χ0n) is 17.9. The van der Waals surface area contributed by atoms with Crippen molar-refractivity contribution in [2.24, 2.45) is 0 Å². The summed E-state index contributed by atoms with van der Waals surface area (Å²) in [6, 6.07) is 16.1. The van der Waals surface area contributed by atoms with Crippen molar-refractivity contribution in [2.75, 3.05) is 12.4 Å². The van der Waals surface area contributed by atoms with Crippen LogP contribution < -0.4 is 10.1 Å². The zero-order valence-corrected chi connectivity index (χ0v) is 17.9. The topological polar surface area (TPSA) is 106 Å². The molecule has 162 valence electrons. The van der Waals surface area contributed by atoms with Gasteiger partial charge in [-0.1, -0.05) is 0 Å². The lowest BCUT2D eigenvalue weighted by Crippen LogP contribution is -2.30. The number of pyridine rings is 1. The van der Waals surface area contributed by atoms with Crippen LogP contribution in [0.4, 0.5) is 5.82 Å². The standard InChI is InChI=1S/C24H22N4O4/c1-14-10-11-25-21(12-14)28-23(29)15(2)32-24(30)17-6-9-19-20(13-17)27-22(26-19)16-4-7-18(31-3)8-5-16/h4-13,15H,1-3H3,(H,26,27)(H,25,28,29). The van der Waals surface area contributed by atoms with Crippen LogP contribution in [-0.4, -0.2) is 40.0 Å². The average molecular weight is 430 g/mol. The summed E-state index contributed by atoms with van der Waals surface area (Å²) in [7, 11) is 1.61. The molecule has 0 aliphatic heterocycles. The van der Waals surface area contributed by atoms with Gasteiger partial charge in [0.15, 0.2) is 6.10 Å². The molecule has 4 aromatic rings. The maximum atomic E-state index is 12.6. The number of imidazole rings is 1. The Morgan fingerprint density at radius 3 is 2.56 bits per heavy atom. The van der Waals surface area contributed by atoms with E-state index in [0.717, 1.165) is 16.9 Å². The molecule has 1 atom stereocenters. The highest BCUT2D eigenvalue weighted by atomic mass is 16.5. The first-order chi connectivity index (χ1) is 15.4. The minimum Gasteiger partial charge on any atom is -0.497 e. The Hall–Kier alpha value is -4.20. The summed E-state index contributed by atoms with van der Waals surface area (Å²) in [5, 5.41) is 2.65. The first-order valence-corrected chi connectivity index (χ1v) is 10.0. The molecule has 0 saturated heterocycles. The van der Waals surface area contributed by atoms with Gasteiger partial charge < -0.3 is 19.8 Å². The highest BCUT2D eigenvalue weighted by molar-refractivity contribution is 5.98. The van der Waals surface area contributed by atoms with Crippen molar-refractivity contribution in [3.05, 3.63) is 71.9 Å². The van der Waals surface area contributed by atoms with Gasteiger partial charge in [-0.15, -0.1) is 0 Å². The van der Waals surface area contributed by atoms with Crippen LogP contribution in [0.3, 0.4) is 0 Å². The van der Waals surface area contributed by atoms with Crippen LogP contribution in [0.1, 0.15) is 22.8 Å². The van der Waals surface area contributed by atoms with Gasteiger partial charge in [0.1, 0.15) is 17.4 Å². The van der Waals surface area contributed by atoms with Crippen LogP contribution in [0.2, 0.25) is 0 Å². The molecule has 0 aliphatic rings. The summed E-state index contributed by atoms with van der Waals surface area (Å²) in [5.41, 5.74) is 3.56. The molecule has 1 unspecified atom stereocenters. The lowest BCUT2D eigenvalue weighted by atomic mass is 10.2. The molecule has 8 nitrogen and oxygen atoms in total. The van der Waals surface area contributed by atoms with Crippen molar-refractivity contribution in [3.8, 4) is 17.1 Å². The van der Waals surface area contributed by atoms with Crippen LogP contribution in [-0.2, 0) is 9.53 Å². The number of hydrogen-bond donors (Lipinski definition) is 2. The second kappa shape index (κ2) is 8.89. The molecule has 32 heavy (non-hydrogen) atoms. The second-order valence-corrected chi connectivity index (χ2v) is 7.30. The highest BCUT2D eigenvalue weighted by Crippen LogP contribution is 2.23. The second-order valence-electron chi connectivity index (χ2n) is 7.30. The molecule has 2 N–H and O–H groups in total. The molecule has 0 saturated carbocycles. The van der Waals surface area contributed by atoms with Gasteiger partial charge in [-0.25, -0.2) is 14.8 Å². The third-order valence-corrected chi connectivity index (χ3v) is 4.90. The number of anilines is 1. The van der Waals surface area contributed by atoms with E-state index in [0.29, 0.717) is 28.2 Å². The Bertz CT molecular complexity index is 1280. The third-order valence-electron chi connectivity index (χ3n) is 4.90. The Morgan fingerprint density at radius 2 is 1.84 bits per heavy atom. The number of nitrogens with zero attached hydrogens (tertiary/aromatic N) is 2. The Kier molecular flexibility index (Phi) is 5.85. The van der Waals surface area contributed by atoms with Crippen LogP contribution in [0, 0.1) is 6.92 Å². The Balaban J connectivity index is 1.46. The van der Waals surface area contributed by atoms with E-state index in [9.17, 15) is 9.59 Å². The zero-order chi connectivity index (χ0) is 22.7. The molecule has 8 heteroatoms. The van der Waals surface area contributed by atoms with E-state index in [4.69, 9.17) is 9.47 Å². The summed E-state index contributed by atoms with van der Waals surface area (Å²) in [4.78, 5) is 36.8. The predicted molar refractivity (Wildman–Crippen MR) is 121 cm³/mol. The molecule has 2 heterocycles. The van der Waals surface area contributed by atoms with Crippen LogP contribution in [0.5, 0.6) is 5.75 Å². The number of aromatic amines is 1. The van der Waals surface area contributed by atoms with Crippen LogP contribution in [0.25, 0.3) is 22.4 Å². The quantitative estimate of drug-likeness (QED) is 0.446. The van der Waals surface area contributed by atoms with Gasteiger partial charge in [0, 0.05) is 11.8 Å². The van der Waals surface area contributed by atoms with Gasteiger partial charge in [-0.3, -0.25) is 4.79 Å². The van der Waals surface area contributed by atoms with Gasteiger partial charge in [0.25, 0.3) is 5.91 Å². The smallest absolute Gasteiger partial charge is 0.338 e. The van der Waals surface area contributed by atoms with E-state index in [2.05, 4.69) is 20.3 Å². The SMILES string of the molecule is COc1ccc(-c2nc3ccc(C(=O)OC(C)C(=O)Nc4cc(C)ccn4)cc3[nH]2)cc1. The minimum absolute atomic E-state index is 0.316. The van der Waals surface area contributed by atoms with Crippen molar-refractivity contribution in [1.82, 2.24) is 15.0 Å². The number of carbonyl (C=O) groups is 2. The van der Waals surface area contributed by atoms with Crippen LogP contribution in [0.15, 0.2) is 60.8 Å². The number of esters is 1. The summed E-state index contributed by atoms with van der Waals surface area (Å²) in [6.45, 7) is 3.41. The molecule has 0 radical (unpaired) electrons. The van der Waals surface area contributed by atoms with E-state index >= 15 is 0 Å². The molecule has 0 spiro atoms. The lowest BCUT2D eigenvalue weighted by molar-refractivity contribution is -0.123. The van der Waals surface area contributed by atoms with E-state index in [-0.39, 0.29) is 0 Å². The van der Waals surface area contributed by atoms with Gasteiger partial charge in [-0.05, 0) is 74.0 Å². The fraction of sp³-hybridized carbons (Fsp3) is 0.167. The molecule has 0 aliphatic carbocycles. The Labute approximate surface area is 184 Å². The molecular weight excluding hydrogens is 408 g/mol. The maximum Gasteiger partial charge on any atom is 0.338 e. The fourth-order valence-electron chi connectivity index (χ4n) is 3.14. The van der Waals surface area contributed by atoms with Gasteiger partial charge >= 0.3 is 5.97 Å². The largest absolute Gasteiger partial charge is 0.497 e. The van der Waals surface area contributed by atoms with E-state index in [1.807, 2.05) is 37.3 Å². The summed E-state index contributed by atoms with van der Waals surface area (Å²) in [5.74, 6) is 0.772. The minimum atomic E-state index is -0.989. The molecule has 0 bridgehead atoms. The number of H-pyrrole nitrogens is 1. The summed E-state index contributed by atoms with van der Waals surface area (Å²) < 4.78 is 10.5. The molecular formula is C24H22N4O4. The first kappa shape index (κ1) is 21.0. The summed E-state index contributed by atoms with van der Waals surface area (Å²) >= 11 is 0. The predicted octanol–water partition coefficient (Wildman–Crippen LogP) is 4.13. The first-order valence-electron chi connectivity index (χ1n) is 10.0. The van der Waals surface area contributed by atoms with E-state index in [1.165, 1.54) is 6.92 Å². The highest BCUT2D eigenvalue weighted by Gasteiger charge is 2.20. The third kappa shape index (κ3) is 4.59. The van der Waals surface area contributed by atoms with Crippen molar-refractivity contribution in [3.63, 3.8) is 0 Å².